The van der Waals surface area contributed by atoms with E-state index in [0.717, 1.165) is 18.0 Å². The molecule has 1 atom stereocenters. The zero-order valence-corrected chi connectivity index (χ0v) is 9.95. The minimum absolute atomic E-state index is 0.435. The summed E-state index contributed by atoms with van der Waals surface area (Å²) < 4.78 is 5.14. The largest absolute Gasteiger partial charge is 0.497 e. The van der Waals surface area contributed by atoms with Gasteiger partial charge in [0.25, 0.3) is 0 Å². The minimum atomic E-state index is 0.435. The summed E-state index contributed by atoms with van der Waals surface area (Å²) in [6.07, 6.45) is 2.89. The smallest absolute Gasteiger partial charge is 0.129 e. The third kappa shape index (κ3) is 4.19. The van der Waals surface area contributed by atoms with Crippen LogP contribution in [-0.4, -0.2) is 18.1 Å². The minimum Gasteiger partial charge on any atom is -0.497 e. The van der Waals surface area contributed by atoms with Gasteiger partial charge in [0.2, 0.25) is 0 Å². The van der Waals surface area contributed by atoms with Crippen molar-refractivity contribution in [1.29, 1.82) is 0 Å². The quantitative estimate of drug-likeness (QED) is 0.807. The molecule has 3 nitrogen and oxygen atoms in total. The lowest BCUT2D eigenvalue weighted by Crippen LogP contribution is -2.18. The van der Waals surface area contributed by atoms with Crippen LogP contribution >= 0.6 is 0 Å². The predicted molar refractivity (Wildman–Crippen MR) is 63.3 cm³/mol. The summed E-state index contributed by atoms with van der Waals surface area (Å²) in [5.41, 5.74) is 0. The first-order chi connectivity index (χ1) is 7.11. The summed E-state index contributed by atoms with van der Waals surface area (Å²) in [6, 6.07) is 4.19. The molecule has 0 radical (unpaired) electrons. The fourth-order valence-corrected chi connectivity index (χ4v) is 1.64. The highest BCUT2D eigenvalue weighted by molar-refractivity contribution is 5.41. The van der Waals surface area contributed by atoms with Crippen molar-refractivity contribution in [1.82, 2.24) is 4.98 Å². The first kappa shape index (κ1) is 11.8. The van der Waals surface area contributed by atoms with Crippen molar-refractivity contribution in [3.63, 3.8) is 0 Å². The second-order valence-electron chi connectivity index (χ2n) is 4.26. The number of methoxy groups -OCH3 is 1. The Morgan fingerprint density at radius 2 is 2.13 bits per heavy atom. The van der Waals surface area contributed by atoms with Crippen LogP contribution in [0.4, 0.5) is 5.82 Å². The molecule has 15 heavy (non-hydrogen) atoms. The average Bonchev–Trinajstić information content (AvgIpc) is 2.16. The number of ether oxygens (including phenoxy) is 1. The SMILES string of the molecule is COc1ccnc(NC(C)CC(C)C)c1. The fourth-order valence-electron chi connectivity index (χ4n) is 1.64. The molecular weight excluding hydrogens is 188 g/mol. The van der Waals surface area contributed by atoms with Crippen molar-refractivity contribution in [2.75, 3.05) is 12.4 Å². The van der Waals surface area contributed by atoms with Gasteiger partial charge in [0.1, 0.15) is 11.6 Å². The number of nitrogens with one attached hydrogen (secondary N) is 1. The van der Waals surface area contributed by atoms with Crippen LogP contribution in [0.2, 0.25) is 0 Å². The topological polar surface area (TPSA) is 34.1 Å². The van der Waals surface area contributed by atoms with Gasteiger partial charge in [-0.3, -0.25) is 0 Å². The monoisotopic (exact) mass is 208 g/mol. The summed E-state index contributed by atoms with van der Waals surface area (Å²) in [6.45, 7) is 6.61. The summed E-state index contributed by atoms with van der Waals surface area (Å²) in [5, 5.41) is 3.36. The zero-order chi connectivity index (χ0) is 11.3. The molecule has 3 heteroatoms. The van der Waals surface area contributed by atoms with Crippen LogP contribution in [0.1, 0.15) is 27.2 Å². The van der Waals surface area contributed by atoms with E-state index in [9.17, 15) is 0 Å². The van der Waals surface area contributed by atoms with Crippen LogP contribution in [0.5, 0.6) is 5.75 Å². The molecule has 0 fully saturated rings. The molecule has 0 aliphatic heterocycles. The van der Waals surface area contributed by atoms with Crippen molar-refractivity contribution in [2.45, 2.75) is 33.2 Å². The Kier molecular flexibility index (Phi) is 4.40. The van der Waals surface area contributed by atoms with Crippen molar-refractivity contribution < 1.29 is 4.74 Å². The number of rotatable bonds is 5. The van der Waals surface area contributed by atoms with Gasteiger partial charge >= 0.3 is 0 Å². The van der Waals surface area contributed by atoms with E-state index in [2.05, 4.69) is 31.1 Å². The van der Waals surface area contributed by atoms with Crippen molar-refractivity contribution >= 4 is 5.82 Å². The molecule has 0 spiro atoms. The molecule has 0 aromatic carbocycles. The Bertz CT molecular complexity index is 299. The van der Waals surface area contributed by atoms with Crippen LogP contribution < -0.4 is 10.1 Å². The maximum atomic E-state index is 5.14. The number of aromatic nitrogens is 1. The summed E-state index contributed by atoms with van der Waals surface area (Å²) in [4.78, 5) is 4.24. The van der Waals surface area contributed by atoms with Gasteiger partial charge in [0.05, 0.1) is 7.11 Å². The molecule has 0 saturated carbocycles. The molecule has 0 saturated heterocycles. The van der Waals surface area contributed by atoms with Gasteiger partial charge < -0.3 is 10.1 Å². The van der Waals surface area contributed by atoms with Crippen LogP contribution in [0.25, 0.3) is 0 Å². The van der Waals surface area contributed by atoms with E-state index in [0.29, 0.717) is 12.0 Å². The molecule has 0 aliphatic carbocycles. The Morgan fingerprint density at radius 3 is 2.73 bits per heavy atom. The van der Waals surface area contributed by atoms with E-state index in [4.69, 9.17) is 4.74 Å². The molecule has 84 valence electrons. The van der Waals surface area contributed by atoms with Crippen LogP contribution in [0.3, 0.4) is 0 Å². The highest BCUT2D eigenvalue weighted by Crippen LogP contribution is 2.16. The Morgan fingerprint density at radius 1 is 1.40 bits per heavy atom. The molecule has 0 bridgehead atoms. The number of hydrogen-bond donors (Lipinski definition) is 1. The lowest BCUT2D eigenvalue weighted by molar-refractivity contribution is 0.414. The van der Waals surface area contributed by atoms with E-state index in [1.165, 1.54) is 0 Å². The lowest BCUT2D eigenvalue weighted by Gasteiger charge is -2.16. The fraction of sp³-hybridized carbons (Fsp3) is 0.583. The molecular formula is C12H20N2O. The van der Waals surface area contributed by atoms with Gasteiger partial charge in [-0.2, -0.15) is 0 Å². The molecule has 1 aromatic heterocycles. The van der Waals surface area contributed by atoms with E-state index < -0.39 is 0 Å². The third-order valence-corrected chi connectivity index (χ3v) is 2.19. The van der Waals surface area contributed by atoms with Gasteiger partial charge in [-0.15, -0.1) is 0 Å². The molecule has 1 N–H and O–H groups in total. The number of anilines is 1. The second-order valence-corrected chi connectivity index (χ2v) is 4.26. The van der Waals surface area contributed by atoms with Gasteiger partial charge in [0, 0.05) is 18.3 Å². The van der Waals surface area contributed by atoms with E-state index in [1.54, 1.807) is 13.3 Å². The molecule has 1 aromatic rings. The highest BCUT2D eigenvalue weighted by Gasteiger charge is 2.05. The van der Waals surface area contributed by atoms with Crippen molar-refractivity contribution in [3.8, 4) is 5.75 Å². The number of hydrogen-bond acceptors (Lipinski definition) is 3. The van der Waals surface area contributed by atoms with Crippen LogP contribution in [0, 0.1) is 5.92 Å². The van der Waals surface area contributed by atoms with Gasteiger partial charge in [-0.1, -0.05) is 13.8 Å². The van der Waals surface area contributed by atoms with Crippen molar-refractivity contribution in [3.05, 3.63) is 18.3 Å². The molecule has 1 heterocycles. The number of nitrogens with zero attached hydrogens (tertiary/aromatic N) is 1. The van der Waals surface area contributed by atoms with E-state index in [1.807, 2.05) is 12.1 Å². The zero-order valence-electron chi connectivity index (χ0n) is 9.95. The number of pyridine rings is 1. The normalized spacial score (nSPS) is 12.6. The maximum Gasteiger partial charge on any atom is 0.129 e. The second kappa shape index (κ2) is 5.59. The van der Waals surface area contributed by atoms with E-state index >= 15 is 0 Å². The van der Waals surface area contributed by atoms with E-state index in [-0.39, 0.29) is 0 Å². The Labute approximate surface area is 91.9 Å². The summed E-state index contributed by atoms with van der Waals surface area (Å²) >= 11 is 0. The van der Waals surface area contributed by atoms with Gasteiger partial charge in [-0.25, -0.2) is 4.98 Å². The molecule has 0 aliphatic rings. The summed E-state index contributed by atoms with van der Waals surface area (Å²) in [5.74, 6) is 2.41. The first-order valence-electron chi connectivity index (χ1n) is 5.38. The highest BCUT2D eigenvalue weighted by atomic mass is 16.5. The molecule has 1 rings (SSSR count). The first-order valence-corrected chi connectivity index (χ1v) is 5.38. The predicted octanol–water partition coefficient (Wildman–Crippen LogP) is 2.94. The van der Waals surface area contributed by atoms with Gasteiger partial charge in [0.15, 0.2) is 0 Å². The molecule has 1 unspecified atom stereocenters. The average molecular weight is 208 g/mol. The Balaban J connectivity index is 2.55. The summed E-state index contributed by atoms with van der Waals surface area (Å²) in [7, 11) is 1.66. The van der Waals surface area contributed by atoms with Crippen LogP contribution in [0.15, 0.2) is 18.3 Å². The maximum absolute atomic E-state index is 5.14. The standard InChI is InChI=1S/C12H20N2O/c1-9(2)7-10(3)14-12-8-11(15-4)5-6-13-12/h5-6,8-10H,7H2,1-4H3,(H,13,14). The molecule has 0 amide bonds. The van der Waals surface area contributed by atoms with Crippen LogP contribution in [-0.2, 0) is 0 Å². The lowest BCUT2D eigenvalue weighted by atomic mass is 10.1. The third-order valence-electron chi connectivity index (χ3n) is 2.19. The van der Waals surface area contributed by atoms with Crippen molar-refractivity contribution in [2.24, 2.45) is 5.92 Å². The Hall–Kier alpha value is -1.25. The van der Waals surface area contributed by atoms with Gasteiger partial charge in [-0.05, 0) is 25.3 Å².